The lowest BCUT2D eigenvalue weighted by molar-refractivity contribution is -0.114. The third-order valence-corrected chi connectivity index (χ3v) is 4.36. The van der Waals surface area contributed by atoms with Crippen LogP contribution in [0, 0.1) is 20.8 Å². The standard InChI is InChI=1S/C22H29N3O2/c1-5-6-11-23-22(27)18-7-9-19(10-8-18)24-14-20(26)25-21-16(3)12-15(2)13-17(21)4/h7-10,12-13,24H,5-6,11,14H2,1-4H3,(H,23,27)(H,25,26). The topological polar surface area (TPSA) is 70.2 Å². The zero-order valence-corrected chi connectivity index (χ0v) is 16.6. The van der Waals surface area contributed by atoms with Gasteiger partial charge in [0, 0.05) is 23.5 Å². The van der Waals surface area contributed by atoms with E-state index >= 15 is 0 Å². The van der Waals surface area contributed by atoms with Gasteiger partial charge < -0.3 is 16.0 Å². The minimum atomic E-state index is -0.105. The molecule has 0 bridgehead atoms. The first-order valence-corrected chi connectivity index (χ1v) is 9.40. The first kappa shape index (κ1) is 20.5. The first-order chi connectivity index (χ1) is 12.9. The van der Waals surface area contributed by atoms with Crippen molar-refractivity contribution in [1.29, 1.82) is 0 Å². The third kappa shape index (κ3) is 6.13. The Labute approximate surface area is 161 Å². The number of amides is 2. The van der Waals surface area contributed by atoms with Crippen LogP contribution in [0.2, 0.25) is 0 Å². The Bertz CT molecular complexity index is 775. The number of rotatable bonds is 8. The lowest BCUT2D eigenvalue weighted by Gasteiger charge is -2.13. The fourth-order valence-corrected chi connectivity index (χ4v) is 2.96. The fraction of sp³-hybridized carbons (Fsp3) is 0.364. The van der Waals surface area contributed by atoms with E-state index in [4.69, 9.17) is 0 Å². The van der Waals surface area contributed by atoms with Gasteiger partial charge in [0.05, 0.1) is 6.54 Å². The number of unbranched alkanes of at least 4 members (excludes halogenated alkanes) is 1. The highest BCUT2D eigenvalue weighted by Crippen LogP contribution is 2.21. The average Bonchev–Trinajstić information content (AvgIpc) is 2.63. The molecule has 2 aromatic carbocycles. The molecule has 0 heterocycles. The van der Waals surface area contributed by atoms with E-state index in [1.807, 2.05) is 32.9 Å². The molecule has 5 heteroatoms. The quantitative estimate of drug-likeness (QED) is 0.613. The molecule has 2 aromatic rings. The molecule has 2 rings (SSSR count). The zero-order valence-electron chi connectivity index (χ0n) is 16.6. The number of nitrogens with one attached hydrogen (secondary N) is 3. The molecule has 0 saturated heterocycles. The highest BCUT2D eigenvalue weighted by molar-refractivity contribution is 5.96. The van der Waals surface area contributed by atoms with E-state index in [2.05, 4.69) is 35.0 Å². The normalized spacial score (nSPS) is 10.4. The molecule has 0 aliphatic carbocycles. The SMILES string of the molecule is CCCCNC(=O)c1ccc(NCC(=O)Nc2c(C)cc(C)cc2C)cc1. The summed E-state index contributed by atoms with van der Waals surface area (Å²) >= 11 is 0. The molecule has 27 heavy (non-hydrogen) atoms. The molecule has 0 aliphatic heterocycles. The largest absolute Gasteiger partial charge is 0.376 e. The van der Waals surface area contributed by atoms with Gasteiger partial charge in [-0.1, -0.05) is 31.0 Å². The summed E-state index contributed by atoms with van der Waals surface area (Å²) in [6, 6.07) is 11.3. The van der Waals surface area contributed by atoms with Crippen molar-refractivity contribution >= 4 is 23.2 Å². The molecule has 0 radical (unpaired) electrons. The van der Waals surface area contributed by atoms with E-state index in [-0.39, 0.29) is 18.4 Å². The van der Waals surface area contributed by atoms with Crippen molar-refractivity contribution in [1.82, 2.24) is 5.32 Å². The second kappa shape index (κ2) is 9.76. The van der Waals surface area contributed by atoms with Gasteiger partial charge >= 0.3 is 0 Å². The zero-order chi connectivity index (χ0) is 19.8. The van der Waals surface area contributed by atoms with Gasteiger partial charge in [-0.3, -0.25) is 9.59 Å². The van der Waals surface area contributed by atoms with Gasteiger partial charge in [0.15, 0.2) is 0 Å². The predicted molar refractivity (Wildman–Crippen MR) is 111 cm³/mol. The maximum atomic E-state index is 12.3. The molecule has 0 fully saturated rings. The first-order valence-electron chi connectivity index (χ1n) is 9.40. The Kier molecular flexibility index (Phi) is 7.41. The summed E-state index contributed by atoms with van der Waals surface area (Å²) in [5, 5.41) is 8.95. The Morgan fingerprint density at radius 3 is 2.19 bits per heavy atom. The van der Waals surface area contributed by atoms with Crippen LogP contribution in [0.3, 0.4) is 0 Å². The van der Waals surface area contributed by atoms with E-state index < -0.39 is 0 Å². The van der Waals surface area contributed by atoms with Gasteiger partial charge in [-0.15, -0.1) is 0 Å². The van der Waals surface area contributed by atoms with Crippen LogP contribution < -0.4 is 16.0 Å². The van der Waals surface area contributed by atoms with Crippen LogP contribution in [-0.4, -0.2) is 24.9 Å². The summed E-state index contributed by atoms with van der Waals surface area (Å²) in [5.74, 6) is -0.176. The highest BCUT2D eigenvalue weighted by Gasteiger charge is 2.09. The van der Waals surface area contributed by atoms with Gasteiger partial charge in [0.25, 0.3) is 5.91 Å². The van der Waals surface area contributed by atoms with Crippen LogP contribution in [-0.2, 0) is 4.79 Å². The van der Waals surface area contributed by atoms with Crippen LogP contribution in [0.15, 0.2) is 36.4 Å². The maximum absolute atomic E-state index is 12.3. The lowest BCUT2D eigenvalue weighted by atomic mass is 10.1. The monoisotopic (exact) mass is 367 g/mol. The number of carbonyl (C=O) groups is 2. The predicted octanol–water partition coefficient (Wildman–Crippen LogP) is 4.19. The minimum absolute atomic E-state index is 0.0712. The Morgan fingerprint density at radius 2 is 1.59 bits per heavy atom. The fourth-order valence-electron chi connectivity index (χ4n) is 2.96. The van der Waals surface area contributed by atoms with Gasteiger partial charge in [-0.05, 0) is 62.6 Å². The third-order valence-electron chi connectivity index (χ3n) is 4.36. The van der Waals surface area contributed by atoms with Gasteiger partial charge in [0.1, 0.15) is 0 Å². The highest BCUT2D eigenvalue weighted by atomic mass is 16.2. The number of hydrogen-bond acceptors (Lipinski definition) is 3. The summed E-state index contributed by atoms with van der Waals surface area (Å²) in [7, 11) is 0. The van der Waals surface area contributed by atoms with Crippen molar-refractivity contribution in [3.63, 3.8) is 0 Å². The van der Waals surface area contributed by atoms with E-state index in [9.17, 15) is 9.59 Å². The van der Waals surface area contributed by atoms with Crippen molar-refractivity contribution in [2.45, 2.75) is 40.5 Å². The maximum Gasteiger partial charge on any atom is 0.251 e. The minimum Gasteiger partial charge on any atom is -0.376 e. The van der Waals surface area contributed by atoms with E-state index in [1.165, 1.54) is 5.56 Å². The number of anilines is 2. The number of carbonyl (C=O) groups excluding carboxylic acids is 2. The van der Waals surface area contributed by atoms with Crippen molar-refractivity contribution in [2.75, 3.05) is 23.7 Å². The molecule has 0 spiro atoms. The summed E-state index contributed by atoms with van der Waals surface area (Å²) in [4.78, 5) is 24.3. The second-order valence-electron chi connectivity index (χ2n) is 6.86. The van der Waals surface area contributed by atoms with Crippen LogP contribution in [0.1, 0.15) is 46.8 Å². The molecule has 0 aliphatic rings. The van der Waals surface area contributed by atoms with Crippen LogP contribution >= 0.6 is 0 Å². The molecule has 0 unspecified atom stereocenters. The molecule has 0 saturated carbocycles. The van der Waals surface area contributed by atoms with Gasteiger partial charge in [0.2, 0.25) is 5.91 Å². The van der Waals surface area contributed by atoms with Crippen molar-refractivity contribution in [2.24, 2.45) is 0 Å². The lowest BCUT2D eigenvalue weighted by Crippen LogP contribution is -2.24. The molecule has 3 N–H and O–H groups in total. The van der Waals surface area contributed by atoms with E-state index in [0.717, 1.165) is 35.3 Å². The molecule has 0 aromatic heterocycles. The van der Waals surface area contributed by atoms with Crippen molar-refractivity contribution in [3.05, 3.63) is 58.7 Å². The number of hydrogen-bond donors (Lipinski definition) is 3. The van der Waals surface area contributed by atoms with E-state index in [1.54, 1.807) is 12.1 Å². The van der Waals surface area contributed by atoms with Gasteiger partial charge in [-0.2, -0.15) is 0 Å². The average molecular weight is 367 g/mol. The van der Waals surface area contributed by atoms with Crippen LogP contribution in [0.5, 0.6) is 0 Å². The Hall–Kier alpha value is -2.82. The smallest absolute Gasteiger partial charge is 0.251 e. The molecular formula is C22H29N3O2. The molecule has 2 amide bonds. The van der Waals surface area contributed by atoms with Crippen molar-refractivity contribution in [3.8, 4) is 0 Å². The summed E-state index contributed by atoms with van der Waals surface area (Å²) in [6.45, 7) is 8.97. The summed E-state index contributed by atoms with van der Waals surface area (Å²) in [5.41, 5.74) is 5.57. The van der Waals surface area contributed by atoms with E-state index in [0.29, 0.717) is 12.1 Å². The summed E-state index contributed by atoms with van der Waals surface area (Å²) in [6.07, 6.45) is 2.02. The van der Waals surface area contributed by atoms with Gasteiger partial charge in [-0.25, -0.2) is 0 Å². The van der Waals surface area contributed by atoms with Crippen LogP contribution in [0.4, 0.5) is 11.4 Å². The Balaban J connectivity index is 1.87. The molecule has 5 nitrogen and oxygen atoms in total. The number of aryl methyl sites for hydroxylation is 3. The molecule has 144 valence electrons. The molecular weight excluding hydrogens is 338 g/mol. The summed E-state index contributed by atoms with van der Waals surface area (Å²) < 4.78 is 0. The molecule has 0 atom stereocenters. The Morgan fingerprint density at radius 1 is 0.963 bits per heavy atom. The van der Waals surface area contributed by atoms with Crippen molar-refractivity contribution < 1.29 is 9.59 Å². The number of benzene rings is 2. The van der Waals surface area contributed by atoms with Crippen LogP contribution in [0.25, 0.3) is 0 Å². The second-order valence-corrected chi connectivity index (χ2v) is 6.86.